The molecule has 0 amide bonds. The van der Waals surface area contributed by atoms with Crippen molar-refractivity contribution in [2.75, 3.05) is 0 Å². The molecule has 0 aliphatic carbocycles. The van der Waals surface area contributed by atoms with Crippen molar-refractivity contribution >= 4 is 27.6 Å². The SMILES string of the molecule is O=[N+]([O-])c1cc(/C=N\NS(=O)(=O)c2ccccc2)c(O)c([N+](=O)[O-])c1. The molecule has 2 aromatic carbocycles. The van der Waals surface area contributed by atoms with E-state index in [1.54, 1.807) is 6.07 Å². The average molecular weight is 366 g/mol. The lowest BCUT2D eigenvalue weighted by Crippen LogP contribution is -2.18. The number of rotatable bonds is 6. The van der Waals surface area contributed by atoms with Gasteiger partial charge in [0.15, 0.2) is 0 Å². The molecule has 2 aromatic rings. The molecule has 12 heteroatoms. The molecule has 25 heavy (non-hydrogen) atoms. The summed E-state index contributed by atoms with van der Waals surface area (Å²) in [6.45, 7) is 0. The number of benzene rings is 2. The van der Waals surface area contributed by atoms with Crippen molar-refractivity contribution in [3.8, 4) is 5.75 Å². The highest BCUT2D eigenvalue weighted by atomic mass is 32.2. The first-order valence-corrected chi connectivity index (χ1v) is 7.96. The third-order valence-corrected chi connectivity index (χ3v) is 4.18. The Bertz CT molecular complexity index is 958. The van der Waals surface area contributed by atoms with Gasteiger partial charge in [-0.15, -0.1) is 0 Å². The zero-order valence-corrected chi connectivity index (χ0v) is 13.1. The number of hydrogen-bond donors (Lipinski definition) is 2. The van der Waals surface area contributed by atoms with Crippen LogP contribution in [-0.2, 0) is 10.0 Å². The minimum Gasteiger partial charge on any atom is -0.502 e. The molecule has 11 nitrogen and oxygen atoms in total. The lowest BCUT2D eigenvalue weighted by Gasteiger charge is -2.03. The lowest BCUT2D eigenvalue weighted by molar-refractivity contribution is -0.394. The molecular weight excluding hydrogens is 356 g/mol. The van der Waals surface area contributed by atoms with Gasteiger partial charge >= 0.3 is 5.69 Å². The van der Waals surface area contributed by atoms with E-state index in [1.807, 2.05) is 4.83 Å². The van der Waals surface area contributed by atoms with Gasteiger partial charge in [0.05, 0.1) is 32.6 Å². The van der Waals surface area contributed by atoms with Gasteiger partial charge in [0.1, 0.15) is 0 Å². The van der Waals surface area contributed by atoms with Crippen LogP contribution in [0.15, 0.2) is 52.5 Å². The van der Waals surface area contributed by atoms with Crippen LogP contribution in [0.2, 0.25) is 0 Å². The average Bonchev–Trinajstić information content (AvgIpc) is 2.56. The van der Waals surface area contributed by atoms with E-state index >= 15 is 0 Å². The number of nitro groups is 2. The summed E-state index contributed by atoms with van der Waals surface area (Å²) < 4.78 is 23.9. The zero-order valence-electron chi connectivity index (χ0n) is 12.3. The largest absolute Gasteiger partial charge is 0.502 e. The minimum atomic E-state index is -3.99. The van der Waals surface area contributed by atoms with E-state index in [1.165, 1.54) is 24.3 Å². The zero-order chi connectivity index (χ0) is 18.6. The number of nitrogens with zero attached hydrogens (tertiary/aromatic N) is 3. The summed E-state index contributed by atoms with van der Waals surface area (Å²) in [7, 11) is -3.99. The fourth-order valence-electron chi connectivity index (χ4n) is 1.79. The summed E-state index contributed by atoms with van der Waals surface area (Å²) in [6, 6.07) is 8.63. The molecule has 0 unspecified atom stereocenters. The van der Waals surface area contributed by atoms with Crippen LogP contribution < -0.4 is 4.83 Å². The van der Waals surface area contributed by atoms with E-state index in [2.05, 4.69) is 5.10 Å². The highest BCUT2D eigenvalue weighted by Crippen LogP contribution is 2.33. The summed E-state index contributed by atoms with van der Waals surface area (Å²) in [6.07, 6.45) is 0.732. The predicted molar refractivity (Wildman–Crippen MR) is 85.8 cm³/mol. The van der Waals surface area contributed by atoms with Crippen molar-refractivity contribution in [1.29, 1.82) is 0 Å². The fourth-order valence-corrected chi connectivity index (χ4v) is 2.60. The highest BCUT2D eigenvalue weighted by Gasteiger charge is 2.23. The Balaban J connectivity index is 2.35. The fraction of sp³-hybridized carbons (Fsp3) is 0. The number of phenolic OH excluding ortho intramolecular Hbond substituents is 1. The van der Waals surface area contributed by atoms with Crippen LogP contribution in [-0.4, -0.2) is 29.6 Å². The molecule has 0 aliphatic heterocycles. The molecule has 0 saturated carbocycles. The van der Waals surface area contributed by atoms with Crippen molar-refractivity contribution in [3.05, 3.63) is 68.3 Å². The van der Waals surface area contributed by atoms with Gasteiger partial charge in [0.25, 0.3) is 15.7 Å². The van der Waals surface area contributed by atoms with E-state index in [-0.39, 0.29) is 4.90 Å². The molecule has 0 atom stereocenters. The molecule has 2 N–H and O–H groups in total. The summed E-state index contributed by atoms with van der Waals surface area (Å²) in [5, 5.41) is 34.8. The molecule has 0 aliphatic rings. The standard InChI is InChI=1S/C13H10N4O7S/c18-13-9(6-10(16(19)20)7-12(13)17(21)22)8-14-15-25(23,24)11-4-2-1-3-5-11/h1-8,15,18H/b14-8-. The van der Waals surface area contributed by atoms with E-state index in [0.717, 1.165) is 12.3 Å². The summed E-state index contributed by atoms with van der Waals surface area (Å²) in [5.41, 5.74) is -1.95. The smallest absolute Gasteiger partial charge is 0.318 e. The number of sulfonamides is 1. The van der Waals surface area contributed by atoms with Gasteiger partial charge in [-0.1, -0.05) is 18.2 Å². The van der Waals surface area contributed by atoms with Gasteiger partial charge in [0.2, 0.25) is 5.75 Å². The van der Waals surface area contributed by atoms with Crippen LogP contribution in [0.5, 0.6) is 5.75 Å². The van der Waals surface area contributed by atoms with Gasteiger partial charge in [-0.2, -0.15) is 13.5 Å². The van der Waals surface area contributed by atoms with Crippen LogP contribution in [0.1, 0.15) is 5.56 Å². The summed E-state index contributed by atoms with van der Waals surface area (Å²) in [4.78, 5) is 21.5. The van der Waals surface area contributed by atoms with Gasteiger partial charge in [0, 0.05) is 6.07 Å². The first-order chi connectivity index (χ1) is 11.7. The maximum atomic E-state index is 12.0. The molecule has 0 radical (unpaired) electrons. The Hall–Kier alpha value is -3.54. The van der Waals surface area contributed by atoms with E-state index < -0.39 is 42.6 Å². The highest BCUT2D eigenvalue weighted by molar-refractivity contribution is 7.89. The van der Waals surface area contributed by atoms with E-state index in [4.69, 9.17) is 0 Å². The van der Waals surface area contributed by atoms with Crippen molar-refractivity contribution in [2.45, 2.75) is 4.90 Å². The number of non-ortho nitro benzene ring substituents is 1. The quantitative estimate of drug-likeness (QED) is 0.444. The van der Waals surface area contributed by atoms with Crippen molar-refractivity contribution < 1.29 is 23.4 Å². The van der Waals surface area contributed by atoms with Crippen LogP contribution in [0.25, 0.3) is 0 Å². The second-order valence-corrected chi connectivity index (χ2v) is 6.24. The van der Waals surface area contributed by atoms with Gasteiger partial charge < -0.3 is 5.11 Å². The Kier molecular flexibility index (Phi) is 4.93. The number of nitro benzene ring substituents is 2. The molecule has 0 fully saturated rings. The molecule has 0 saturated heterocycles. The maximum absolute atomic E-state index is 12.0. The Morgan fingerprint density at radius 1 is 1.08 bits per heavy atom. The van der Waals surface area contributed by atoms with E-state index in [9.17, 15) is 33.8 Å². The van der Waals surface area contributed by atoms with Gasteiger partial charge in [-0.05, 0) is 12.1 Å². The number of phenols is 1. The monoisotopic (exact) mass is 366 g/mol. The Morgan fingerprint density at radius 2 is 1.72 bits per heavy atom. The molecule has 0 bridgehead atoms. The van der Waals surface area contributed by atoms with Crippen LogP contribution in [0, 0.1) is 20.2 Å². The van der Waals surface area contributed by atoms with Crippen molar-refractivity contribution in [1.82, 2.24) is 4.83 Å². The Morgan fingerprint density at radius 3 is 2.28 bits per heavy atom. The minimum absolute atomic E-state index is 0.0820. The summed E-state index contributed by atoms with van der Waals surface area (Å²) >= 11 is 0. The number of aromatic hydroxyl groups is 1. The topological polar surface area (TPSA) is 165 Å². The van der Waals surface area contributed by atoms with Crippen molar-refractivity contribution in [3.63, 3.8) is 0 Å². The normalized spacial score (nSPS) is 11.4. The van der Waals surface area contributed by atoms with E-state index in [0.29, 0.717) is 6.07 Å². The van der Waals surface area contributed by atoms with Gasteiger partial charge in [-0.3, -0.25) is 20.2 Å². The lowest BCUT2D eigenvalue weighted by atomic mass is 10.1. The third kappa shape index (κ3) is 4.06. The maximum Gasteiger partial charge on any atom is 0.318 e. The predicted octanol–water partition coefficient (Wildman–Crippen LogP) is 1.52. The van der Waals surface area contributed by atoms with Crippen LogP contribution >= 0.6 is 0 Å². The molecule has 2 rings (SSSR count). The van der Waals surface area contributed by atoms with Crippen LogP contribution in [0.3, 0.4) is 0 Å². The first-order valence-electron chi connectivity index (χ1n) is 6.48. The summed E-state index contributed by atoms with van der Waals surface area (Å²) in [5.74, 6) is -0.877. The first kappa shape index (κ1) is 17.8. The molecule has 130 valence electrons. The van der Waals surface area contributed by atoms with Gasteiger partial charge in [-0.25, -0.2) is 4.83 Å². The molecule has 0 aromatic heterocycles. The second-order valence-electron chi connectivity index (χ2n) is 4.58. The van der Waals surface area contributed by atoms with Crippen LogP contribution in [0.4, 0.5) is 11.4 Å². The second kappa shape index (κ2) is 6.92. The molecule has 0 spiro atoms. The number of hydrogen-bond acceptors (Lipinski definition) is 8. The van der Waals surface area contributed by atoms with Crippen molar-refractivity contribution in [2.24, 2.45) is 5.10 Å². The molecule has 0 heterocycles. The number of nitrogens with one attached hydrogen (secondary N) is 1. The molecular formula is C13H10N4O7S. The Labute approximate surface area is 140 Å². The number of hydrazone groups is 1. The third-order valence-electron chi connectivity index (χ3n) is 2.94.